The van der Waals surface area contributed by atoms with Crippen LogP contribution in [0.3, 0.4) is 0 Å². The van der Waals surface area contributed by atoms with E-state index in [-0.39, 0.29) is 0 Å². The summed E-state index contributed by atoms with van der Waals surface area (Å²) < 4.78 is 67.0. The van der Waals surface area contributed by atoms with E-state index in [4.69, 9.17) is 4.74 Å². The number of ether oxygens (including phenoxy) is 1. The molecule has 0 spiro atoms. The van der Waals surface area contributed by atoms with Gasteiger partial charge in [0.25, 0.3) is 0 Å². The Kier molecular flexibility index (Phi) is 10.2. The highest BCUT2D eigenvalue weighted by Gasteiger charge is 2.58. The van der Waals surface area contributed by atoms with Gasteiger partial charge in [-0.15, -0.1) is 5.10 Å². The van der Waals surface area contributed by atoms with Crippen molar-refractivity contribution in [1.82, 2.24) is 35.0 Å². The maximum absolute atomic E-state index is 16.0. The first kappa shape index (κ1) is 34.2. The first-order chi connectivity index (χ1) is 24.1. The van der Waals surface area contributed by atoms with Crippen LogP contribution in [0.4, 0.5) is 17.6 Å². The van der Waals surface area contributed by atoms with Crippen LogP contribution >= 0.6 is 0 Å². The lowest BCUT2D eigenvalue weighted by atomic mass is 9.84. The van der Waals surface area contributed by atoms with Gasteiger partial charge in [-0.2, -0.15) is 8.78 Å². The second kappa shape index (κ2) is 14.9. The zero-order valence-electron chi connectivity index (χ0n) is 26.6. The van der Waals surface area contributed by atoms with Crippen molar-refractivity contribution in [3.8, 4) is 17.6 Å². The third-order valence-electron chi connectivity index (χ3n) is 8.36. The largest absolute Gasteiger partial charge is 0.489 e. The second-order valence-electron chi connectivity index (χ2n) is 11.8. The number of aliphatic hydroxyl groups is 1. The van der Waals surface area contributed by atoms with Gasteiger partial charge >= 0.3 is 5.92 Å². The van der Waals surface area contributed by atoms with Gasteiger partial charge < -0.3 is 14.7 Å². The van der Waals surface area contributed by atoms with E-state index in [9.17, 15) is 18.7 Å². The van der Waals surface area contributed by atoms with E-state index in [0.29, 0.717) is 29.5 Å². The number of carbonyl (C=O) groups is 1. The number of benzene rings is 3. The Hall–Kier alpha value is -5.65. The number of nitrogens with zero attached hydrogens (tertiary/aromatic N) is 7. The standard InChI is InChI=1S/C36H31F4N7O3/c37-30-10-13-32(33(38)19-30)35(49,23-47-24-42-43-44-47)36(39,40)34-14-9-27(20-41-34)2-1-26-7-11-31(12-8-26)50-22-29-5-3-28(4-6-29)21-45-15-17-46(25-48)18-16-45/h3-14,19-20,24-25,49H,15-18,21-23H2. The molecule has 14 heteroatoms. The number of rotatable bonds is 11. The van der Waals surface area contributed by atoms with Gasteiger partial charge in [-0.25, -0.2) is 13.5 Å². The van der Waals surface area contributed by atoms with Gasteiger partial charge in [0.2, 0.25) is 6.41 Å². The Morgan fingerprint density at radius 1 is 0.880 bits per heavy atom. The topological polar surface area (TPSA) is 110 Å². The van der Waals surface area contributed by atoms with Crippen LogP contribution in [0.5, 0.6) is 5.75 Å². The van der Waals surface area contributed by atoms with E-state index in [1.165, 1.54) is 11.6 Å². The quantitative estimate of drug-likeness (QED) is 0.125. The molecule has 256 valence electrons. The molecular formula is C36H31F4N7O3. The van der Waals surface area contributed by atoms with Crippen LogP contribution in [0.2, 0.25) is 0 Å². The number of pyridine rings is 1. The maximum atomic E-state index is 16.0. The van der Waals surface area contributed by atoms with E-state index in [2.05, 4.69) is 49.4 Å². The summed E-state index contributed by atoms with van der Waals surface area (Å²) in [5, 5.41) is 21.6. The number of carbonyl (C=O) groups excluding carboxylic acids is 1. The summed E-state index contributed by atoms with van der Waals surface area (Å²) in [6.07, 6.45) is 3.00. The molecule has 1 aliphatic heterocycles. The zero-order chi connectivity index (χ0) is 35.1. The minimum Gasteiger partial charge on any atom is -0.489 e. The SMILES string of the molecule is O=CN1CCN(Cc2ccc(COc3ccc(C#Cc4ccc(C(F)(F)C(O)(Cn5cnnn5)c5ccc(F)cc5F)nc4)cc3)cc2)CC1. The molecule has 1 saturated heterocycles. The van der Waals surface area contributed by atoms with Crippen molar-refractivity contribution in [3.63, 3.8) is 0 Å². The van der Waals surface area contributed by atoms with Crippen LogP contribution in [0.25, 0.3) is 0 Å². The van der Waals surface area contributed by atoms with Crippen LogP contribution in [-0.2, 0) is 36.0 Å². The predicted molar refractivity (Wildman–Crippen MR) is 172 cm³/mol. The minimum atomic E-state index is -4.17. The fourth-order valence-corrected chi connectivity index (χ4v) is 5.50. The van der Waals surface area contributed by atoms with Gasteiger partial charge in [0.1, 0.15) is 36.0 Å². The van der Waals surface area contributed by atoms with Crippen molar-refractivity contribution in [3.05, 3.63) is 137 Å². The lowest BCUT2D eigenvalue weighted by molar-refractivity contribution is -0.207. The van der Waals surface area contributed by atoms with Crippen molar-refractivity contribution >= 4 is 6.41 Å². The summed E-state index contributed by atoms with van der Waals surface area (Å²) in [6, 6.07) is 19.5. The summed E-state index contributed by atoms with van der Waals surface area (Å²) in [4.78, 5) is 18.8. The summed E-state index contributed by atoms with van der Waals surface area (Å²) in [5.74, 6) is -0.0783. The second-order valence-corrected chi connectivity index (χ2v) is 11.8. The number of amides is 1. The number of tetrazole rings is 1. The first-order valence-electron chi connectivity index (χ1n) is 15.6. The molecule has 3 aromatic carbocycles. The van der Waals surface area contributed by atoms with E-state index < -0.39 is 41.0 Å². The molecule has 1 unspecified atom stereocenters. The summed E-state index contributed by atoms with van der Waals surface area (Å²) >= 11 is 0. The molecule has 3 heterocycles. The highest BCUT2D eigenvalue weighted by Crippen LogP contribution is 2.46. The van der Waals surface area contributed by atoms with Gasteiger partial charge in [-0.3, -0.25) is 14.7 Å². The van der Waals surface area contributed by atoms with Crippen molar-refractivity contribution in [2.45, 2.75) is 31.2 Å². The zero-order valence-corrected chi connectivity index (χ0v) is 26.6. The molecule has 50 heavy (non-hydrogen) atoms. The van der Waals surface area contributed by atoms with Crippen LogP contribution in [-0.4, -0.2) is 72.7 Å². The van der Waals surface area contributed by atoms with Gasteiger partial charge in [-0.1, -0.05) is 36.1 Å². The monoisotopic (exact) mass is 685 g/mol. The summed E-state index contributed by atoms with van der Waals surface area (Å²) in [6.45, 7) is 3.45. The number of halogens is 4. The molecule has 0 aliphatic carbocycles. The summed E-state index contributed by atoms with van der Waals surface area (Å²) in [7, 11) is 0. The Labute approximate surface area is 284 Å². The fraction of sp³-hybridized carbons (Fsp3) is 0.250. The van der Waals surface area contributed by atoms with Crippen molar-refractivity contribution in [2.24, 2.45) is 0 Å². The van der Waals surface area contributed by atoms with Gasteiger partial charge in [0.05, 0.1) is 6.54 Å². The Morgan fingerprint density at radius 2 is 1.58 bits per heavy atom. The van der Waals surface area contributed by atoms with E-state index in [0.717, 1.165) is 80.1 Å². The number of piperazine rings is 1. The molecule has 0 saturated carbocycles. The van der Waals surface area contributed by atoms with Gasteiger partial charge in [0, 0.05) is 61.7 Å². The molecule has 0 radical (unpaired) electrons. The molecular weight excluding hydrogens is 654 g/mol. The molecule has 2 aromatic heterocycles. The predicted octanol–water partition coefficient (Wildman–Crippen LogP) is 4.28. The number of hydrogen-bond acceptors (Lipinski definition) is 8. The Morgan fingerprint density at radius 3 is 2.22 bits per heavy atom. The molecule has 1 amide bonds. The van der Waals surface area contributed by atoms with Gasteiger partial charge in [0.15, 0.2) is 5.60 Å². The third kappa shape index (κ3) is 7.80. The van der Waals surface area contributed by atoms with Crippen LogP contribution in [0, 0.1) is 23.5 Å². The van der Waals surface area contributed by atoms with Crippen LogP contribution < -0.4 is 4.74 Å². The average molecular weight is 686 g/mol. The molecule has 1 N–H and O–H groups in total. The molecule has 10 nitrogen and oxygen atoms in total. The van der Waals surface area contributed by atoms with Crippen molar-refractivity contribution < 1.29 is 32.2 Å². The van der Waals surface area contributed by atoms with Gasteiger partial charge in [-0.05, 0) is 70.1 Å². The van der Waals surface area contributed by atoms with Crippen molar-refractivity contribution in [1.29, 1.82) is 0 Å². The van der Waals surface area contributed by atoms with E-state index >= 15 is 8.78 Å². The molecule has 5 aromatic rings. The normalized spacial score (nSPS) is 14.8. The fourth-order valence-electron chi connectivity index (χ4n) is 5.50. The minimum absolute atomic E-state index is 0.313. The number of aromatic nitrogens is 5. The Balaban J connectivity index is 1.07. The number of hydrogen-bond donors (Lipinski definition) is 1. The van der Waals surface area contributed by atoms with Crippen molar-refractivity contribution in [2.75, 3.05) is 26.2 Å². The maximum Gasteiger partial charge on any atom is 0.323 e. The van der Waals surface area contributed by atoms with Crippen LogP contribution in [0.1, 0.15) is 33.5 Å². The summed E-state index contributed by atoms with van der Waals surface area (Å²) in [5.41, 5.74) is -1.79. The lowest BCUT2D eigenvalue weighted by Crippen LogP contribution is -2.48. The number of alkyl halides is 2. The van der Waals surface area contributed by atoms with E-state index in [1.807, 2.05) is 12.1 Å². The molecule has 0 bridgehead atoms. The smallest absolute Gasteiger partial charge is 0.323 e. The highest BCUT2D eigenvalue weighted by atomic mass is 19.3. The molecule has 1 aliphatic rings. The average Bonchev–Trinajstić information content (AvgIpc) is 3.64. The van der Waals surface area contributed by atoms with E-state index in [1.54, 1.807) is 29.2 Å². The highest BCUT2D eigenvalue weighted by molar-refractivity contribution is 5.47. The first-order valence-corrected chi connectivity index (χ1v) is 15.6. The molecule has 1 atom stereocenters. The molecule has 1 fully saturated rings. The molecule has 6 rings (SSSR count). The lowest BCUT2D eigenvalue weighted by Gasteiger charge is -2.35. The third-order valence-corrected chi connectivity index (χ3v) is 8.36. The Bertz CT molecular complexity index is 1960. The van der Waals surface area contributed by atoms with Crippen LogP contribution in [0.15, 0.2) is 91.4 Å².